The average molecular weight is 468 g/mol. The fraction of sp³-hybridized carbons (Fsp3) is 0.524. The molecule has 1 saturated heterocycles. The predicted molar refractivity (Wildman–Crippen MR) is 111 cm³/mol. The van der Waals surface area contributed by atoms with Crippen molar-refractivity contribution in [1.82, 2.24) is 0 Å². The number of fused-ring (bicyclic) bond motifs is 1. The molecule has 0 N–H and O–H groups in total. The summed E-state index contributed by atoms with van der Waals surface area (Å²) in [4.78, 5) is 43.0. The van der Waals surface area contributed by atoms with Crippen LogP contribution in [0.15, 0.2) is 22.2 Å². The molecule has 0 radical (unpaired) electrons. The molecule has 0 spiro atoms. The molecule has 2 fully saturated rings. The second-order valence-corrected chi connectivity index (χ2v) is 10.5. The van der Waals surface area contributed by atoms with Gasteiger partial charge in [0.15, 0.2) is 27.2 Å². The van der Waals surface area contributed by atoms with Crippen LogP contribution in [0.4, 0.5) is 0 Å². The number of ketones is 3. The minimum absolute atomic E-state index is 0.0635. The molecule has 1 aromatic rings. The van der Waals surface area contributed by atoms with Crippen molar-refractivity contribution < 1.29 is 32.4 Å². The van der Waals surface area contributed by atoms with Crippen LogP contribution in [0.1, 0.15) is 54.9 Å². The van der Waals surface area contributed by atoms with Crippen LogP contribution in [0.5, 0.6) is 0 Å². The van der Waals surface area contributed by atoms with Crippen LogP contribution in [0.25, 0.3) is 0 Å². The molecule has 31 heavy (non-hydrogen) atoms. The zero-order valence-corrected chi connectivity index (χ0v) is 18.5. The molecular formula is C21H22ClNO7S. The maximum Gasteiger partial charge on any atom is 0.235 e. The third kappa shape index (κ3) is 3.83. The van der Waals surface area contributed by atoms with Crippen molar-refractivity contribution >= 4 is 44.5 Å². The van der Waals surface area contributed by atoms with Gasteiger partial charge >= 0.3 is 0 Å². The predicted octanol–water partition coefficient (Wildman–Crippen LogP) is 2.74. The molecule has 166 valence electrons. The van der Waals surface area contributed by atoms with Gasteiger partial charge in [-0.1, -0.05) is 23.7 Å². The van der Waals surface area contributed by atoms with E-state index in [-0.39, 0.29) is 45.6 Å². The van der Waals surface area contributed by atoms with Gasteiger partial charge in [0.1, 0.15) is 5.92 Å². The Bertz CT molecular complexity index is 1080. The van der Waals surface area contributed by atoms with Crippen molar-refractivity contribution in [1.29, 1.82) is 0 Å². The van der Waals surface area contributed by atoms with Crippen molar-refractivity contribution in [2.24, 2.45) is 17.0 Å². The molecule has 1 aromatic carbocycles. The number of oxime groups is 1. The molecule has 2 atom stereocenters. The van der Waals surface area contributed by atoms with Crippen molar-refractivity contribution in [3.63, 3.8) is 0 Å². The largest absolute Gasteiger partial charge is 0.363 e. The third-order valence-corrected chi connectivity index (χ3v) is 8.13. The lowest BCUT2D eigenvalue weighted by atomic mass is 9.81. The number of rotatable bonds is 5. The lowest BCUT2D eigenvalue weighted by Gasteiger charge is -2.25. The SMILES string of the molecule is CCS(=O)(=O)c1ccc(C(=O)C2C(=O)CCCC2=O)c(Cl)c1C1=NOC2OCCCC12. The monoisotopic (exact) mass is 467 g/mol. The highest BCUT2D eigenvalue weighted by atomic mass is 35.5. The smallest absolute Gasteiger partial charge is 0.235 e. The van der Waals surface area contributed by atoms with E-state index < -0.39 is 39.4 Å². The highest BCUT2D eigenvalue weighted by Crippen LogP contribution is 2.39. The first-order valence-corrected chi connectivity index (χ1v) is 12.3. The van der Waals surface area contributed by atoms with Gasteiger partial charge in [-0.05, 0) is 31.4 Å². The molecule has 2 unspecified atom stereocenters. The number of ether oxygens (including phenoxy) is 1. The van der Waals surface area contributed by atoms with Gasteiger partial charge in [-0.3, -0.25) is 14.4 Å². The lowest BCUT2D eigenvalue weighted by Crippen LogP contribution is -2.36. The van der Waals surface area contributed by atoms with Gasteiger partial charge in [0.05, 0.1) is 33.9 Å². The van der Waals surface area contributed by atoms with Crippen LogP contribution in [0, 0.1) is 11.8 Å². The van der Waals surface area contributed by atoms with Gasteiger partial charge < -0.3 is 9.57 Å². The number of sulfone groups is 1. The van der Waals surface area contributed by atoms with Gasteiger partial charge in [-0.2, -0.15) is 0 Å². The Morgan fingerprint density at radius 1 is 1.19 bits per heavy atom. The van der Waals surface area contributed by atoms with E-state index in [4.69, 9.17) is 21.2 Å². The number of nitrogens with zero attached hydrogens (tertiary/aromatic N) is 1. The summed E-state index contributed by atoms with van der Waals surface area (Å²) in [6, 6.07) is 2.57. The minimum atomic E-state index is -3.72. The first-order valence-electron chi connectivity index (χ1n) is 10.3. The molecular weight excluding hydrogens is 446 g/mol. The van der Waals surface area contributed by atoms with Gasteiger partial charge in [0, 0.05) is 24.0 Å². The third-order valence-electron chi connectivity index (χ3n) is 5.97. The topological polar surface area (TPSA) is 116 Å². The second-order valence-electron chi connectivity index (χ2n) is 7.86. The summed E-state index contributed by atoms with van der Waals surface area (Å²) in [5.74, 6) is -3.50. The van der Waals surface area contributed by atoms with Crippen LogP contribution < -0.4 is 0 Å². The number of Topliss-reactive ketones (excluding diaryl/α,β-unsaturated/α-hetero) is 3. The second kappa shape index (κ2) is 8.44. The van der Waals surface area contributed by atoms with Crippen LogP contribution in [0.3, 0.4) is 0 Å². The van der Waals surface area contributed by atoms with E-state index in [1.807, 2.05) is 0 Å². The van der Waals surface area contributed by atoms with Gasteiger partial charge in [-0.25, -0.2) is 8.42 Å². The molecule has 3 aliphatic rings. The highest BCUT2D eigenvalue weighted by molar-refractivity contribution is 7.91. The van der Waals surface area contributed by atoms with Gasteiger partial charge in [0.25, 0.3) is 0 Å². The zero-order chi connectivity index (χ0) is 22.3. The molecule has 0 aromatic heterocycles. The molecule has 1 saturated carbocycles. The Balaban J connectivity index is 1.85. The maximum absolute atomic E-state index is 13.2. The Labute approximate surface area is 184 Å². The van der Waals surface area contributed by atoms with E-state index in [2.05, 4.69) is 5.16 Å². The molecule has 1 aliphatic carbocycles. The number of hydrogen-bond acceptors (Lipinski definition) is 8. The average Bonchev–Trinajstić information content (AvgIpc) is 3.17. The number of carbonyl (C=O) groups excluding carboxylic acids is 3. The van der Waals surface area contributed by atoms with E-state index >= 15 is 0 Å². The summed E-state index contributed by atoms with van der Waals surface area (Å²) in [6.45, 7) is 2.01. The van der Waals surface area contributed by atoms with Gasteiger partial charge in [-0.15, -0.1) is 0 Å². The minimum Gasteiger partial charge on any atom is -0.363 e. The standard InChI is InChI=1S/C21H22ClNO7S/c1-2-31(27,28)15-9-8-11(20(26)16-13(24)6-3-7-14(16)25)18(22)17(15)19-12-5-4-10-29-21(12)30-23-19/h8-9,12,16,21H,2-7,10H2,1H3. The summed E-state index contributed by atoms with van der Waals surface area (Å²) in [5.41, 5.74) is 0.323. The van der Waals surface area contributed by atoms with E-state index in [1.54, 1.807) is 0 Å². The van der Waals surface area contributed by atoms with E-state index in [9.17, 15) is 22.8 Å². The van der Waals surface area contributed by atoms with Crippen molar-refractivity contribution in [2.45, 2.75) is 50.2 Å². The summed E-state index contributed by atoms with van der Waals surface area (Å²) >= 11 is 6.61. The Morgan fingerprint density at radius 2 is 1.90 bits per heavy atom. The first-order chi connectivity index (χ1) is 14.8. The Hall–Kier alpha value is -2.10. The molecule has 4 rings (SSSR count). The number of carbonyl (C=O) groups is 3. The van der Waals surface area contributed by atoms with E-state index in [0.717, 1.165) is 6.42 Å². The van der Waals surface area contributed by atoms with E-state index in [1.165, 1.54) is 19.1 Å². The molecule has 2 aliphatic heterocycles. The highest BCUT2D eigenvalue weighted by Gasteiger charge is 2.43. The van der Waals surface area contributed by atoms with E-state index in [0.29, 0.717) is 25.2 Å². The fourth-order valence-corrected chi connectivity index (χ4v) is 5.80. The summed E-state index contributed by atoms with van der Waals surface area (Å²) < 4.78 is 31.2. The van der Waals surface area contributed by atoms with Crippen LogP contribution in [-0.2, 0) is 29.0 Å². The maximum atomic E-state index is 13.2. The molecule has 0 amide bonds. The zero-order valence-electron chi connectivity index (χ0n) is 16.9. The van der Waals surface area contributed by atoms with Crippen molar-refractivity contribution in [3.05, 3.63) is 28.3 Å². The first kappa shape index (κ1) is 22.1. The fourth-order valence-electron chi connectivity index (χ4n) is 4.29. The van der Waals surface area contributed by atoms with Gasteiger partial charge in [0.2, 0.25) is 6.29 Å². The van der Waals surface area contributed by atoms with Crippen LogP contribution >= 0.6 is 11.6 Å². The number of halogens is 1. The molecule has 8 nitrogen and oxygen atoms in total. The Morgan fingerprint density at radius 3 is 2.58 bits per heavy atom. The Kier molecular flexibility index (Phi) is 6.02. The summed E-state index contributed by atoms with van der Waals surface area (Å²) in [7, 11) is -3.72. The molecule has 2 heterocycles. The van der Waals surface area contributed by atoms with Crippen LogP contribution in [0.2, 0.25) is 5.02 Å². The summed E-state index contributed by atoms with van der Waals surface area (Å²) in [6.07, 6.45) is 1.47. The van der Waals surface area contributed by atoms with Crippen molar-refractivity contribution in [2.75, 3.05) is 12.4 Å². The molecule has 0 bridgehead atoms. The van der Waals surface area contributed by atoms with Crippen LogP contribution in [-0.4, -0.2) is 50.1 Å². The lowest BCUT2D eigenvalue weighted by molar-refractivity contribution is -0.162. The molecule has 10 heteroatoms. The number of benzene rings is 1. The summed E-state index contributed by atoms with van der Waals surface area (Å²) in [5, 5.41) is 3.92. The normalized spacial score (nSPS) is 24.5. The number of hydrogen-bond donors (Lipinski definition) is 0. The van der Waals surface area contributed by atoms with Crippen molar-refractivity contribution in [3.8, 4) is 0 Å². The quantitative estimate of drug-likeness (QED) is 0.482.